The zero-order chi connectivity index (χ0) is 14.0. The molecular formula is C11H10BrFN2O3S. The molecule has 1 aromatic heterocycles. The minimum atomic E-state index is -3.92. The summed E-state index contributed by atoms with van der Waals surface area (Å²) in [6.07, 6.45) is 0. The van der Waals surface area contributed by atoms with Gasteiger partial charge >= 0.3 is 0 Å². The van der Waals surface area contributed by atoms with Gasteiger partial charge in [-0.2, -0.15) is 0 Å². The van der Waals surface area contributed by atoms with Crippen LogP contribution >= 0.6 is 15.9 Å². The van der Waals surface area contributed by atoms with E-state index in [1.54, 1.807) is 13.0 Å². The van der Waals surface area contributed by atoms with E-state index in [1.807, 2.05) is 0 Å². The maximum atomic E-state index is 13.6. The van der Waals surface area contributed by atoms with Crippen LogP contribution in [0.1, 0.15) is 11.5 Å². The Morgan fingerprint density at radius 2 is 2.16 bits per heavy atom. The molecule has 0 aliphatic heterocycles. The Hall–Kier alpha value is -1.25. The largest absolute Gasteiger partial charge is 0.361 e. The van der Waals surface area contributed by atoms with Crippen molar-refractivity contribution in [2.24, 2.45) is 0 Å². The molecule has 8 heteroatoms. The fraction of sp³-hybridized carbons (Fsp3) is 0.182. The van der Waals surface area contributed by atoms with Crippen LogP contribution in [0.5, 0.6) is 0 Å². The first-order chi connectivity index (χ1) is 8.88. The molecule has 5 nitrogen and oxygen atoms in total. The van der Waals surface area contributed by atoms with Crippen LogP contribution in [0.25, 0.3) is 0 Å². The summed E-state index contributed by atoms with van der Waals surface area (Å²) in [7, 11) is -3.92. The molecule has 0 aliphatic rings. The topological polar surface area (TPSA) is 72.2 Å². The second-order valence-electron chi connectivity index (χ2n) is 3.83. The SMILES string of the molecule is Cc1cc(CNS(=O)(=O)c2ccc(Br)cc2F)no1. The average Bonchev–Trinajstić information content (AvgIpc) is 2.72. The first-order valence-electron chi connectivity index (χ1n) is 5.25. The highest BCUT2D eigenvalue weighted by Crippen LogP contribution is 2.19. The summed E-state index contributed by atoms with van der Waals surface area (Å²) in [6.45, 7) is 1.63. The van der Waals surface area contributed by atoms with Crippen molar-refractivity contribution in [1.82, 2.24) is 9.88 Å². The lowest BCUT2D eigenvalue weighted by atomic mass is 10.3. The molecule has 1 N–H and O–H groups in total. The summed E-state index contributed by atoms with van der Waals surface area (Å²) in [5.41, 5.74) is 0.429. The van der Waals surface area contributed by atoms with Crippen LogP contribution in [0.2, 0.25) is 0 Å². The minimum Gasteiger partial charge on any atom is -0.361 e. The second-order valence-corrected chi connectivity index (χ2v) is 6.48. The van der Waals surface area contributed by atoms with Gasteiger partial charge in [0.1, 0.15) is 16.5 Å². The van der Waals surface area contributed by atoms with Crippen LogP contribution < -0.4 is 4.72 Å². The van der Waals surface area contributed by atoms with Crippen molar-refractivity contribution in [3.63, 3.8) is 0 Å². The van der Waals surface area contributed by atoms with E-state index in [4.69, 9.17) is 4.52 Å². The predicted molar refractivity (Wildman–Crippen MR) is 69.4 cm³/mol. The molecule has 0 bridgehead atoms. The maximum absolute atomic E-state index is 13.6. The molecule has 0 aliphatic carbocycles. The van der Waals surface area contributed by atoms with Crippen LogP contribution in [0, 0.1) is 12.7 Å². The summed E-state index contributed by atoms with van der Waals surface area (Å²) in [5, 5.41) is 3.65. The van der Waals surface area contributed by atoms with Gasteiger partial charge in [0, 0.05) is 10.5 Å². The Morgan fingerprint density at radius 1 is 1.42 bits per heavy atom. The lowest BCUT2D eigenvalue weighted by molar-refractivity contribution is 0.390. The minimum absolute atomic E-state index is 0.0603. The fourth-order valence-electron chi connectivity index (χ4n) is 1.44. The Morgan fingerprint density at radius 3 is 2.74 bits per heavy atom. The fourth-order valence-corrected chi connectivity index (χ4v) is 2.83. The molecule has 0 spiro atoms. The van der Waals surface area contributed by atoms with E-state index in [9.17, 15) is 12.8 Å². The standard InChI is InChI=1S/C11H10BrFN2O3S/c1-7-4-9(15-18-7)6-14-19(16,17)11-3-2-8(12)5-10(11)13/h2-5,14H,6H2,1H3. The molecule has 0 amide bonds. The molecule has 0 saturated carbocycles. The van der Waals surface area contributed by atoms with E-state index >= 15 is 0 Å². The number of sulfonamides is 1. The summed E-state index contributed by atoms with van der Waals surface area (Å²) < 4.78 is 45.0. The zero-order valence-corrected chi connectivity index (χ0v) is 12.3. The van der Waals surface area contributed by atoms with Crippen molar-refractivity contribution in [2.45, 2.75) is 18.4 Å². The van der Waals surface area contributed by atoms with Gasteiger partial charge in [-0.25, -0.2) is 17.5 Å². The van der Waals surface area contributed by atoms with Crippen molar-refractivity contribution in [3.8, 4) is 0 Å². The van der Waals surface area contributed by atoms with Crippen LogP contribution in [-0.2, 0) is 16.6 Å². The van der Waals surface area contributed by atoms with Gasteiger partial charge in [0.05, 0.1) is 12.2 Å². The zero-order valence-electron chi connectivity index (χ0n) is 9.85. The highest BCUT2D eigenvalue weighted by molar-refractivity contribution is 9.10. The molecule has 0 atom stereocenters. The van der Waals surface area contributed by atoms with Gasteiger partial charge in [0.25, 0.3) is 0 Å². The summed E-state index contributed by atoms with van der Waals surface area (Å²) in [6, 6.07) is 5.34. The van der Waals surface area contributed by atoms with Gasteiger partial charge in [-0.3, -0.25) is 0 Å². The first-order valence-corrected chi connectivity index (χ1v) is 7.53. The molecule has 0 fully saturated rings. The maximum Gasteiger partial charge on any atom is 0.243 e. The van der Waals surface area contributed by atoms with Gasteiger partial charge < -0.3 is 4.52 Å². The van der Waals surface area contributed by atoms with E-state index in [2.05, 4.69) is 25.8 Å². The first kappa shape index (κ1) is 14.2. The third kappa shape index (κ3) is 3.40. The van der Waals surface area contributed by atoms with Crippen molar-refractivity contribution in [2.75, 3.05) is 0 Å². The van der Waals surface area contributed by atoms with Crippen molar-refractivity contribution >= 4 is 26.0 Å². The summed E-state index contributed by atoms with van der Waals surface area (Å²) in [4.78, 5) is -0.407. The van der Waals surface area contributed by atoms with Gasteiger partial charge in [-0.15, -0.1) is 0 Å². The monoisotopic (exact) mass is 348 g/mol. The Bertz CT molecular complexity index is 700. The van der Waals surface area contributed by atoms with Crippen molar-refractivity contribution in [3.05, 3.63) is 46.0 Å². The highest BCUT2D eigenvalue weighted by atomic mass is 79.9. The van der Waals surface area contributed by atoms with E-state index < -0.39 is 20.7 Å². The number of halogens is 2. The molecule has 2 aromatic rings. The van der Waals surface area contributed by atoms with Crippen LogP contribution in [0.15, 0.2) is 38.2 Å². The molecule has 1 aromatic carbocycles. The third-order valence-electron chi connectivity index (χ3n) is 2.30. The molecule has 1 heterocycles. The number of aromatic nitrogens is 1. The molecule has 0 unspecified atom stereocenters. The van der Waals surface area contributed by atoms with Crippen molar-refractivity contribution in [1.29, 1.82) is 0 Å². The van der Waals surface area contributed by atoms with Crippen LogP contribution in [0.4, 0.5) is 4.39 Å². The molecule has 19 heavy (non-hydrogen) atoms. The van der Waals surface area contributed by atoms with E-state index in [0.717, 1.165) is 6.07 Å². The Labute approximate surface area is 118 Å². The summed E-state index contributed by atoms with van der Waals surface area (Å²) in [5.74, 6) is -0.248. The highest BCUT2D eigenvalue weighted by Gasteiger charge is 2.19. The third-order valence-corrected chi connectivity index (χ3v) is 4.23. The van der Waals surface area contributed by atoms with Crippen LogP contribution in [-0.4, -0.2) is 13.6 Å². The predicted octanol–water partition coefficient (Wildman–Crippen LogP) is 2.36. The Kier molecular flexibility index (Phi) is 4.02. The molecule has 2 rings (SSSR count). The van der Waals surface area contributed by atoms with Crippen molar-refractivity contribution < 1.29 is 17.3 Å². The molecule has 0 radical (unpaired) electrons. The number of hydrogen-bond donors (Lipinski definition) is 1. The van der Waals surface area contributed by atoms with Gasteiger partial charge in [0.15, 0.2) is 0 Å². The van der Waals surface area contributed by atoms with E-state index in [1.165, 1.54) is 12.1 Å². The van der Waals surface area contributed by atoms with Crippen LogP contribution in [0.3, 0.4) is 0 Å². The van der Waals surface area contributed by atoms with E-state index in [0.29, 0.717) is 15.9 Å². The van der Waals surface area contributed by atoms with Gasteiger partial charge in [0.2, 0.25) is 10.0 Å². The number of benzene rings is 1. The average molecular weight is 349 g/mol. The number of nitrogens with zero attached hydrogens (tertiary/aromatic N) is 1. The molecule has 102 valence electrons. The molecule has 0 saturated heterocycles. The van der Waals surface area contributed by atoms with Gasteiger partial charge in [-0.1, -0.05) is 21.1 Å². The quantitative estimate of drug-likeness (QED) is 0.920. The normalized spacial score (nSPS) is 11.7. The lowest BCUT2D eigenvalue weighted by Gasteiger charge is -2.06. The van der Waals surface area contributed by atoms with E-state index in [-0.39, 0.29) is 6.54 Å². The summed E-state index contributed by atoms with van der Waals surface area (Å²) >= 11 is 3.06. The molecular weight excluding hydrogens is 339 g/mol. The van der Waals surface area contributed by atoms with Gasteiger partial charge in [-0.05, 0) is 25.1 Å². The number of nitrogens with one attached hydrogen (secondary N) is 1. The number of hydrogen-bond acceptors (Lipinski definition) is 4. The lowest BCUT2D eigenvalue weighted by Crippen LogP contribution is -2.24. The number of rotatable bonds is 4. The smallest absolute Gasteiger partial charge is 0.243 e. The number of aryl methyl sites for hydroxylation is 1. The second kappa shape index (κ2) is 5.40. The Balaban J connectivity index is 2.18.